The molecule has 3 rings (SSSR count). The van der Waals surface area contributed by atoms with Gasteiger partial charge in [-0.3, -0.25) is 9.59 Å². The first-order valence-electron chi connectivity index (χ1n) is 11.2. The molecule has 33 heavy (non-hydrogen) atoms. The Balaban J connectivity index is 2.30. The summed E-state index contributed by atoms with van der Waals surface area (Å²) >= 11 is 0. The summed E-state index contributed by atoms with van der Waals surface area (Å²) in [5.74, 6) is 0.135. The van der Waals surface area contributed by atoms with Gasteiger partial charge in [0.2, 0.25) is 0 Å². The number of carbonyl (C=O) groups is 2. The quantitative estimate of drug-likeness (QED) is 0.502. The number of aromatic nitrogens is 1. The summed E-state index contributed by atoms with van der Waals surface area (Å²) in [6, 6.07) is 14.9. The number of alkyl carbamates (subject to hydrolysis) is 1. The van der Waals surface area contributed by atoms with Crippen molar-refractivity contribution >= 4 is 22.6 Å². The van der Waals surface area contributed by atoms with Crippen LogP contribution in [0.4, 0.5) is 4.79 Å². The maximum absolute atomic E-state index is 13.6. The second-order valence-electron chi connectivity index (χ2n) is 9.67. The van der Waals surface area contributed by atoms with Gasteiger partial charge < -0.3 is 14.6 Å². The minimum absolute atomic E-state index is 0.0734. The fourth-order valence-corrected chi connectivity index (χ4v) is 3.85. The molecule has 0 spiro atoms. The Kier molecular flexibility index (Phi) is 7.06. The van der Waals surface area contributed by atoms with Crippen LogP contribution in [0.2, 0.25) is 0 Å². The van der Waals surface area contributed by atoms with Crippen LogP contribution < -0.4 is 10.9 Å². The van der Waals surface area contributed by atoms with E-state index in [9.17, 15) is 14.4 Å². The van der Waals surface area contributed by atoms with Gasteiger partial charge in [-0.2, -0.15) is 0 Å². The molecule has 0 saturated carbocycles. The second kappa shape index (κ2) is 9.61. The molecule has 0 unspecified atom stereocenters. The van der Waals surface area contributed by atoms with E-state index < -0.39 is 11.7 Å². The Morgan fingerprint density at radius 1 is 1.03 bits per heavy atom. The van der Waals surface area contributed by atoms with Crippen molar-refractivity contribution in [1.82, 2.24) is 9.88 Å². The fraction of sp³-hybridized carbons (Fsp3) is 0.370. The molecule has 1 amide bonds. The van der Waals surface area contributed by atoms with Crippen molar-refractivity contribution in [3.05, 3.63) is 70.1 Å². The van der Waals surface area contributed by atoms with Crippen LogP contribution in [0.3, 0.4) is 0 Å². The molecule has 0 radical (unpaired) electrons. The third kappa shape index (κ3) is 5.69. The number of pyridine rings is 1. The molecule has 0 atom stereocenters. The lowest BCUT2D eigenvalue weighted by atomic mass is 9.94. The Morgan fingerprint density at radius 3 is 2.27 bits per heavy atom. The van der Waals surface area contributed by atoms with E-state index in [1.807, 2.05) is 44.2 Å². The number of ketones is 1. The van der Waals surface area contributed by atoms with Crippen LogP contribution in [0.1, 0.15) is 57.6 Å². The third-order valence-corrected chi connectivity index (χ3v) is 5.19. The zero-order chi connectivity index (χ0) is 24.3. The Labute approximate surface area is 194 Å². The van der Waals surface area contributed by atoms with E-state index in [0.29, 0.717) is 28.6 Å². The normalized spacial score (nSPS) is 11.6. The lowest BCUT2D eigenvalue weighted by Crippen LogP contribution is -2.35. The van der Waals surface area contributed by atoms with Crippen molar-refractivity contribution in [2.45, 2.75) is 60.2 Å². The summed E-state index contributed by atoms with van der Waals surface area (Å²) in [6.45, 7) is 11.6. The molecule has 0 bridgehead atoms. The zero-order valence-corrected chi connectivity index (χ0v) is 20.2. The van der Waals surface area contributed by atoms with Crippen LogP contribution >= 0.6 is 0 Å². The highest BCUT2D eigenvalue weighted by Gasteiger charge is 2.22. The minimum Gasteiger partial charge on any atom is -0.444 e. The molecule has 3 aromatic rings. The smallest absolute Gasteiger partial charge is 0.407 e. The van der Waals surface area contributed by atoms with E-state index in [-0.39, 0.29) is 23.8 Å². The highest BCUT2D eigenvalue weighted by atomic mass is 16.6. The van der Waals surface area contributed by atoms with Gasteiger partial charge in [0.25, 0.3) is 5.56 Å². The molecule has 0 aliphatic rings. The number of hydrogen-bond donors (Lipinski definition) is 1. The molecule has 0 saturated heterocycles. The zero-order valence-electron chi connectivity index (χ0n) is 20.2. The van der Waals surface area contributed by atoms with Crippen molar-refractivity contribution in [3.8, 4) is 11.1 Å². The van der Waals surface area contributed by atoms with Crippen LogP contribution in [0.25, 0.3) is 21.9 Å². The number of Topliss-reactive ketones (excluding diaryl/α,β-unsaturated/α-hetero) is 1. The Morgan fingerprint density at radius 2 is 1.70 bits per heavy atom. The average Bonchev–Trinajstić information content (AvgIpc) is 2.73. The van der Waals surface area contributed by atoms with Gasteiger partial charge in [-0.25, -0.2) is 4.79 Å². The Bertz CT molecular complexity index is 1230. The molecule has 1 heterocycles. The SMILES string of the molecule is CC(=O)c1ccc2c(=O)n(CC(C)C)c(CNC(=O)OC(C)(C)C)c(-c3ccccc3)c2c1. The number of ether oxygens (including phenoxy) is 1. The van der Waals surface area contributed by atoms with Gasteiger partial charge in [-0.05, 0) is 56.7 Å². The van der Waals surface area contributed by atoms with Gasteiger partial charge >= 0.3 is 6.09 Å². The molecular weight excluding hydrogens is 416 g/mol. The van der Waals surface area contributed by atoms with Crippen LogP contribution in [-0.2, 0) is 17.8 Å². The standard InChI is InChI=1S/C27H32N2O4/c1-17(2)16-29-23(15-28-26(32)33-27(4,5)6)24(19-10-8-7-9-11-19)22-14-20(18(3)30)12-13-21(22)25(29)31/h7-14,17H,15-16H2,1-6H3,(H,28,32). The van der Waals surface area contributed by atoms with Gasteiger partial charge in [-0.15, -0.1) is 0 Å². The van der Waals surface area contributed by atoms with Crippen LogP contribution in [0.5, 0.6) is 0 Å². The molecule has 0 aliphatic carbocycles. The van der Waals surface area contributed by atoms with Crippen molar-refractivity contribution in [2.75, 3.05) is 0 Å². The van der Waals surface area contributed by atoms with Gasteiger partial charge in [0.1, 0.15) is 5.60 Å². The summed E-state index contributed by atoms with van der Waals surface area (Å²) in [4.78, 5) is 38.1. The maximum Gasteiger partial charge on any atom is 0.407 e. The summed E-state index contributed by atoms with van der Waals surface area (Å²) in [7, 11) is 0. The third-order valence-electron chi connectivity index (χ3n) is 5.19. The first-order chi connectivity index (χ1) is 15.5. The fourth-order valence-electron chi connectivity index (χ4n) is 3.85. The molecule has 1 aromatic heterocycles. The van der Waals surface area contributed by atoms with E-state index in [1.54, 1.807) is 43.5 Å². The van der Waals surface area contributed by atoms with E-state index in [2.05, 4.69) is 5.32 Å². The molecule has 0 fully saturated rings. The van der Waals surface area contributed by atoms with Crippen LogP contribution in [0.15, 0.2) is 53.3 Å². The number of nitrogens with zero attached hydrogens (tertiary/aromatic N) is 1. The number of rotatable bonds is 6. The van der Waals surface area contributed by atoms with E-state index in [1.165, 1.54) is 6.92 Å². The van der Waals surface area contributed by atoms with E-state index >= 15 is 0 Å². The summed E-state index contributed by atoms with van der Waals surface area (Å²) in [5.41, 5.74) is 2.16. The minimum atomic E-state index is -0.635. The van der Waals surface area contributed by atoms with Crippen molar-refractivity contribution in [3.63, 3.8) is 0 Å². The van der Waals surface area contributed by atoms with Gasteiger partial charge in [0.05, 0.1) is 6.54 Å². The number of amides is 1. The molecular formula is C27H32N2O4. The molecule has 6 nitrogen and oxygen atoms in total. The monoisotopic (exact) mass is 448 g/mol. The topological polar surface area (TPSA) is 77.4 Å². The number of nitrogens with one attached hydrogen (secondary N) is 1. The van der Waals surface area contributed by atoms with Crippen LogP contribution in [0, 0.1) is 5.92 Å². The molecule has 1 N–H and O–H groups in total. The molecule has 2 aromatic carbocycles. The number of carbonyl (C=O) groups excluding carboxylic acids is 2. The van der Waals surface area contributed by atoms with Crippen molar-refractivity contribution < 1.29 is 14.3 Å². The highest BCUT2D eigenvalue weighted by molar-refractivity contribution is 6.03. The highest BCUT2D eigenvalue weighted by Crippen LogP contribution is 2.32. The lowest BCUT2D eigenvalue weighted by Gasteiger charge is -2.23. The van der Waals surface area contributed by atoms with Gasteiger partial charge in [-0.1, -0.05) is 50.2 Å². The van der Waals surface area contributed by atoms with E-state index in [4.69, 9.17) is 4.74 Å². The predicted octanol–water partition coefficient (Wildman–Crippen LogP) is 5.55. The largest absolute Gasteiger partial charge is 0.444 e. The van der Waals surface area contributed by atoms with Gasteiger partial charge in [0.15, 0.2) is 5.78 Å². The first kappa shape index (κ1) is 24.2. The van der Waals surface area contributed by atoms with Crippen molar-refractivity contribution in [2.24, 2.45) is 5.92 Å². The number of hydrogen-bond acceptors (Lipinski definition) is 4. The van der Waals surface area contributed by atoms with Gasteiger partial charge in [0, 0.05) is 28.8 Å². The molecule has 0 aliphatic heterocycles. The lowest BCUT2D eigenvalue weighted by molar-refractivity contribution is 0.0522. The number of benzene rings is 2. The van der Waals surface area contributed by atoms with Crippen molar-refractivity contribution in [1.29, 1.82) is 0 Å². The molecule has 6 heteroatoms. The Hall–Kier alpha value is -3.41. The molecule has 174 valence electrons. The van der Waals surface area contributed by atoms with Crippen LogP contribution in [-0.4, -0.2) is 22.0 Å². The average molecular weight is 449 g/mol. The second-order valence-corrected chi connectivity index (χ2v) is 9.67. The number of fused-ring (bicyclic) bond motifs is 1. The summed E-state index contributed by atoms with van der Waals surface area (Å²) < 4.78 is 7.15. The maximum atomic E-state index is 13.6. The predicted molar refractivity (Wildman–Crippen MR) is 132 cm³/mol. The summed E-state index contributed by atoms with van der Waals surface area (Å²) in [6.07, 6.45) is -0.553. The van der Waals surface area contributed by atoms with E-state index in [0.717, 1.165) is 11.1 Å². The first-order valence-corrected chi connectivity index (χ1v) is 11.2. The summed E-state index contributed by atoms with van der Waals surface area (Å²) in [5, 5.41) is 4.06.